The predicted molar refractivity (Wildman–Crippen MR) is 137 cm³/mol. The zero-order valence-corrected chi connectivity index (χ0v) is 23.0. The molecule has 0 aliphatic carbocycles. The number of carbonyl (C=O) groups is 1. The lowest BCUT2D eigenvalue weighted by atomic mass is 10.2. The van der Waals surface area contributed by atoms with E-state index in [1.54, 1.807) is 0 Å². The maximum atomic E-state index is 11.4. The van der Waals surface area contributed by atoms with Crippen molar-refractivity contribution in [1.82, 2.24) is 5.32 Å². The molecular formula is C25H49NO11. The fourth-order valence-corrected chi connectivity index (χ4v) is 2.37. The topological polar surface area (TPSA) is 121 Å². The lowest BCUT2D eigenvalue weighted by Gasteiger charge is -2.19. The highest BCUT2D eigenvalue weighted by Crippen LogP contribution is 2.06. The highest BCUT2D eigenvalue weighted by atomic mass is 16.6. The van der Waals surface area contributed by atoms with E-state index in [1.807, 2.05) is 20.8 Å². The van der Waals surface area contributed by atoms with Crippen molar-refractivity contribution in [3.8, 4) is 0 Å². The molecule has 0 rings (SSSR count). The minimum Gasteiger partial charge on any atom is -0.499 e. The predicted octanol–water partition coefficient (Wildman–Crippen LogP) is 1.80. The van der Waals surface area contributed by atoms with Crippen molar-refractivity contribution in [2.75, 3.05) is 119 Å². The molecule has 0 atom stereocenters. The summed E-state index contributed by atoms with van der Waals surface area (Å²) < 4.78 is 53.2. The van der Waals surface area contributed by atoms with Crippen LogP contribution in [0, 0.1) is 0 Å². The van der Waals surface area contributed by atoms with Crippen LogP contribution in [0.3, 0.4) is 0 Å². The molecule has 0 radical (unpaired) electrons. The van der Waals surface area contributed by atoms with Crippen LogP contribution < -0.4 is 5.32 Å². The smallest absolute Gasteiger partial charge is 0.407 e. The number of carbonyl (C=O) groups excluding carboxylic acids is 1. The summed E-state index contributed by atoms with van der Waals surface area (Å²) in [6.07, 6.45) is 0.942. The van der Waals surface area contributed by atoms with E-state index in [9.17, 15) is 4.79 Å². The molecule has 0 aromatic rings. The Bertz CT molecular complexity index is 504. The van der Waals surface area contributed by atoms with Crippen molar-refractivity contribution >= 4 is 6.09 Å². The van der Waals surface area contributed by atoms with Crippen molar-refractivity contribution in [3.05, 3.63) is 12.8 Å². The Balaban J connectivity index is 3.10. The fourth-order valence-electron chi connectivity index (χ4n) is 2.37. The minimum absolute atomic E-state index is 0.386. The van der Waals surface area contributed by atoms with Gasteiger partial charge in [0.25, 0.3) is 0 Å². The zero-order valence-electron chi connectivity index (χ0n) is 23.0. The first kappa shape index (κ1) is 35.5. The van der Waals surface area contributed by atoms with Crippen LogP contribution in [0.2, 0.25) is 0 Å². The number of hydrogen-bond donors (Lipinski definition) is 1. The summed E-state index contributed by atoms with van der Waals surface area (Å²) in [5, 5.41) is 2.62. The van der Waals surface area contributed by atoms with Gasteiger partial charge in [0, 0.05) is 6.54 Å². The Kier molecular flexibility index (Phi) is 26.4. The zero-order chi connectivity index (χ0) is 27.3. The summed E-state index contributed by atoms with van der Waals surface area (Å²) in [6.45, 7) is 17.7. The summed E-state index contributed by atoms with van der Waals surface area (Å²) in [5.41, 5.74) is -0.506. The van der Waals surface area contributed by atoms with Crippen LogP contribution in [0.5, 0.6) is 0 Å². The summed E-state index contributed by atoms with van der Waals surface area (Å²) in [6, 6.07) is 0. The monoisotopic (exact) mass is 539 g/mol. The second kappa shape index (κ2) is 27.5. The molecule has 0 spiro atoms. The van der Waals surface area contributed by atoms with E-state index in [4.69, 9.17) is 47.4 Å². The van der Waals surface area contributed by atoms with Crippen LogP contribution in [0.25, 0.3) is 0 Å². The van der Waals surface area contributed by atoms with Gasteiger partial charge in [-0.05, 0) is 20.8 Å². The first-order valence-corrected chi connectivity index (χ1v) is 12.8. The molecule has 0 aromatic carbocycles. The Labute approximate surface area is 222 Å². The van der Waals surface area contributed by atoms with E-state index in [-0.39, 0.29) is 0 Å². The number of nitrogens with one attached hydrogen (secondary N) is 1. The average Bonchev–Trinajstić information content (AvgIpc) is 2.84. The molecule has 1 amide bonds. The molecule has 0 aliphatic rings. The van der Waals surface area contributed by atoms with E-state index in [0.717, 1.165) is 0 Å². The van der Waals surface area contributed by atoms with E-state index in [0.29, 0.717) is 119 Å². The van der Waals surface area contributed by atoms with Crippen LogP contribution in [0.15, 0.2) is 12.8 Å². The fraction of sp³-hybridized carbons (Fsp3) is 0.880. The van der Waals surface area contributed by atoms with Gasteiger partial charge in [0.1, 0.15) is 12.2 Å². The highest BCUT2D eigenvalue weighted by Gasteiger charge is 2.15. The summed E-state index contributed by atoms with van der Waals surface area (Å²) in [7, 11) is 0. The van der Waals surface area contributed by atoms with Gasteiger partial charge in [-0.1, -0.05) is 6.58 Å². The second-order valence-corrected chi connectivity index (χ2v) is 8.37. The Hall–Kier alpha value is -1.51. The molecule has 0 heterocycles. The van der Waals surface area contributed by atoms with Gasteiger partial charge >= 0.3 is 6.09 Å². The molecule has 0 bridgehead atoms. The standard InChI is InChI=1S/C25H49NO11/c1-5-28-8-9-30-12-13-32-16-17-34-20-21-36-23-22-35-19-18-33-15-14-31-11-10-29-7-6-26-24(27)37-25(2,3)4/h5H,1,6-23H2,2-4H3,(H,26,27). The first-order valence-electron chi connectivity index (χ1n) is 12.8. The molecule has 1 N–H and O–H groups in total. The second-order valence-electron chi connectivity index (χ2n) is 8.37. The normalized spacial score (nSPS) is 11.4. The molecule has 220 valence electrons. The largest absolute Gasteiger partial charge is 0.499 e. The third kappa shape index (κ3) is 32.5. The van der Waals surface area contributed by atoms with Crippen LogP contribution >= 0.6 is 0 Å². The molecule has 0 saturated heterocycles. The number of ether oxygens (including phenoxy) is 10. The Morgan fingerprint density at radius 3 is 1.16 bits per heavy atom. The molecule has 0 aliphatic heterocycles. The lowest BCUT2D eigenvalue weighted by Crippen LogP contribution is -2.34. The molecule has 37 heavy (non-hydrogen) atoms. The molecule has 0 saturated carbocycles. The summed E-state index contributed by atoms with van der Waals surface area (Å²) in [4.78, 5) is 11.4. The third-order valence-corrected chi connectivity index (χ3v) is 3.98. The lowest BCUT2D eigenvalue weighted by molar-refractivity contribution is -0.0239. The maximum Gasteiger partial charge on any atom is 0.407 e. The van der Waals surface area contributed by atoms with Gasteiger partial charge in [-0.2, -0.15) is 0 Å². The molecule has 0 unspecified atom stereocenters. The number of amides is 1. The van der Waals surface area contributed by atoms with E-state index >= 15 is 0 Å². The molecule has 0 fully saturated rings. The van der Waals surface area contributed by atoms with Gasteiger partial charge in [-0.3, -0.25) is 0 Å². The van der Waals surface area contributed by atoms with Crippen molar-refractivity contribution in [2.24, 2.45) is 0 Å². The molecule has 0 aromatic heterocycles. The molecular weight excluding hydrogens is 490 g/mol. The highest BCUT2D eigenvalue weighted by molar-refractivity contribution is 5.67. The van der Waals surface area contributed by atoms with Gasteiger partial charge in [-0.15, -0.1) is 0 Å². The van der Waals surface area contributed by atoms with Gasteiger partial charge in [0.05, 0.1) is 112 Å². The van der Waals surface area contributed by atoms with Crippen molar-refractivity contribution in [2.45, 2.75) is 26.4 Å². The Morgan fingerprint density at radius 1 is 0.568 bits per heavy atom. The van der Waals surface area contributed by atoms with E-state index in [1.165, 1.54) is 6.26 Å². The van der Waals surface area contributed by atoms with Crippen molar-refractivity contribution < 1.29 is 52.2 Å². The van der Waals surface area contributed by atoms with Crippen LogP contribution in [-0.4, -0.2) is 131 Å². The van der Waals surface area contributed by atoms with Gasteiger partial charge in [0.2, 0.25) is 0 Å². The first-order chi connectivity index (χ1) is 18.0. The van der Waals surface area contributed by atoms with E-state index < -0.39 is 11.7 Å². The quantitative estimate of drug-likeness (QED) is 0.116. The Morgan fingerprint density at radius 2 is 0.865 bits per heavy atom. The van der Waals surface area contributed by atoms with Crippen molar-refractivity contribution in [3.63, 3.8) is 0 Å². The van der Waals surface area contributed by atoms with Crippen molar-refractivity contribution in [1.29, 1.82) is 0 Å². The molecule has 12 heteroatoms. The summed E-state index contributed by atoms with van der Waals surface area (Å²) >= 11 is 0. The van der Waals surface area contributed by atoms with Crippen LogP contribution in [0.1, 0.15) is 20.8 Å². The molecule has 12 nitrogen and oxygen atoms in total. The number of hydrogen-bond acceptors (Lipinski definition) is 11. The maximum absolute atomic E-state index is 11.4. The summed E-state index contributed by atoms with van der Waals surface area (Å²) in [5.74, 6) is 0. The average molecular weight is 540 g/mol. The third-order valence-electron chi connectivity index (χ3n) is 3.98. The number of rotatable bonds is 28. The van der Waals surface area contributed by atoms with Crippen LogP contribution in [0.4, 0.5) is 4.79 Å². The van der Waals surface area contributed by atoms with Gasteiger partial charge in [-0.25, -0.2) is 4.79 Å². The van der Waals surface area contributed by atoms with E-state index in [2.05, 4.69) is 11.9 Å². The van der Waals surface area contributed by atoms with Gasteiger partial charge < -0.3 is 52.7 Å². The van der Waals surface area contributed by atoms with Crippen LogP contribution in [-0.2, 0) is 47.4 Å². The van der Waals surface area contributed by atoms with Gasteiger partial charge in [0.15, 0.2) is 0 Å². The SMILES string of the molecule is C=COCCOCCOCCOCCOCCOCCOCCOCCOCCNC(=O)OC(C)(C)C. The minimum atomic E-state index is -0.506. The number of alkyl carbamates (subject to hydrolysis) is 1.